The van der Waals surface area contributed by atoms with Gasteiger partial charge in [0.1, 0.15) is 0 Å². The normalized spacial score (nSPS) is 26.3. The predicted octanol–water partition coefficient (Wildman–Crippen LogP) is 1.97. The Hall–Kier alpha value is -0.530. The molecule has 21 heavy (non-hydrogen) atoms. The van der Waals surface area contributed by atoms with Crippen LogP contribution in [-0.2, 0) is 4.79 Å². The average molecular weight is 408 g/mol. The molecule has 2 aliphatic rings. The van der Waals surface area contributed by atoms with Gasteiger partial charge in [-0.15, -0.1) is 24.0 Å². The zero-order chi connectivity index (χ0) is 14.5. The molecule has 2 rings (SSSR count). The first kappa shape index (κ1) is 18.5. The van der Waals surface area contributed by atoms with Gasteiger partial charge in [0.15, 0.2) is 5.96 Å². The largest absolute Gasteiger partial charge is 0.354 e. The van der Waals surface area contributed by atoms with Crippen LogP contribution in [0, 0.1) is 5.92 Å². The lowest BCUT2D eigenvalue weighted by Crippen LogP contribution is -2.51. The van der Waals surface area contributed by atoms with Crippen molar-refractivity contribution in [2.75, 3.05) is 21.1 Å². The third-order valence-corrected chi connectivity index (χ3v) is 4.47. The van der Waals surface area contributed by atoms with Crippen molar-refractivity contribution in [2.24, 2.45) is 10.9 Å². The van der Waals surface area contributed by atoms with E-state index in [4.69, 9.17) is 0 Å². The molecule has 122 valence electrons. The lowest BCUT2D eigenvalue weighted by Gasteiger charge is -2.33. The van der Waals surface area contributed by atoms with Crippen molar-refractivity contribution in [3.05, 3.63) is 0 Å². The molecule has 2 saturated carbocycles. The maximum Gasteiger partial charge on any atom is 0.225 e. The van der Waals surface area contributed by atoms with E-state index in [1.807, 2.05) is 21.1 Å². The van der Waals surface area contributed by atoms with Gasteiger partial charge in [0.05, 0.1) is 0 Å². The van der Waals surface area contributed by atoms with Crippen LogP contribution in [-0.4, -0.2) is 50.0 Å². The molecule has 0 saturated heterocycles. The summed E-state index contributed by atoms with van der Waals surface area (Å²) in [5, 5.41) is 6.96. The summed E-state index contributed by atoms with van der Waals surface area (Å²) in [6.07, 6.45) is 7.98. The Morgan fingerprint density at radius 3 is 2.14 bits per heavy atom. The number of hydrogen-bond donors (Lipinski definition) is 2. The van der Waals surface area contributed by atoms with Crippen LogP contribution >= 0.6 is 24.0 Å². The van der Waals surface area contributed by atoms with Crippen molar-refractivity contribution >= 4 is 35.8 Å². The van der Waals surface area contributed by atoms with Gasteiger partial charge in [-0.1, -0.05) is 6.42 Å². The smallest absolute Gasteiger partial charge is 0.225 e. The van der Waals surface area contributed by atoms with E-state index in [1.54, 1.807) is 4.90 Å². The molecule has 0 bridgehead atoms. The van der Waals surface area contributed by atoms with E-state index in [-0.39, 0.29) is 35.8 Å². The Bertz CT molecular complexity index is 369. The zero-order valence-corrected chi connectivity index (χ0v) is 15.7. The minimum atomic E-state index is 0. The van der Waals surface area contributed by atoms with Crippen molar-refractivity contribution in [3.63, 3.8) is 0 Å². The van der Waals surface area contributed by atoms with Crippen LogP contribution in [0.5, 0.6) is 0 Å². The molecule has 0 aromatic heterocycles. The van der Waals surface area contributed by atoms with Crippen LogP contribution in [0.2, 0.25) is 0 Å². The molecule has 2 unspecified atom stereocenters. The summed E-state index contributed by atoms with van der Waals surface area (Å²) < 4.78 is 0. The number of guanidine groups is 1. The first-order valence-corrected chi connectivity index (χ1v) is 7.81. The van der Waals surface area contributed by atoms with E-state index in [2.05, 4.69) is 15.6 Å². The number of carbonyl (C=O) groups excluding carboxylic acids is 1. The molecule has 5 nitrogen and oxygen atoms in total. The van der Waals surface area contributed by atoms with Crippen LogP contribution in [0.25, 0.3) is 0 Å². The highest BCUT2D eigenvalue weighted by atomic mass is 127. The quantitative estimate of drug-likeness (QED) is 0.427. The molecular formula is C15H29IN4O. The van der Waals surface area contributed by atoms with Crippen molar-refractivity contribution in [1.29, 1.82) is 0 Å². The van der Waals surface area contributed by atoms with Gasteiger partial charge in [0, 0.05) is 39.1 Å². The molecule has 0 heterocycles. The molecular weight excluding hydrogens is 379 g/mol. The number of halogens is 1. The van der Waals surface area contributed by atoms with Crippen molar-refractivity contribution in [3.8, 4) is 0 Å². The lowest BCUT2D eigenvalue weighted by molar-refractivity contribution is -0.134. The van der Waals surface area contributed by atoms with Crippen LogP contribution in [0.1, 0.15) is 44.9 Å². The highest BCUT2D eigenvalue weighted by Crippen LogP contribution is 2.25. The van der Waals surface area contributed by atoms with Gasteiger partial charge in [-0.25, -0.2) is 0 Å². The van der Waals surface area contributed by atoms with Crippen LogP contribution in [0.3, 0.4) is 0 Å². The van der Waals surface area contributed by atoms with E-state index >= 15 is 0 Å². The Morgan fingerprint density at radius 1 is 1.05 bits per heavy atom. The van der Waals surface area contributed by atoms with Gasteiger partial charge in [-0.3, -0.25) is 9.79 Å². The number of hydrogen-bond acceptors (Lipinski definition) is 2. The van der Waals surface area contributed by atoms with Crippen molar-refractivity contribution in [1.82, 2.24) is 15.5 Å². The molecule has 2 fully saturated rings. The first-order valence-electron chi connectivity index (χ1n) is 7.81. The highest BCUT2D eigenvalue weighted by Gasteiger charge is 2.29. The molecule has 6 heteroatoms. The molecule has 0 radical (unpaired) electrons. The second kappa shape index (κ2) is 8.80. The summed E-state index contributed by atoms with van der Waals surface area (Å²) in [6, 6.07) is 0.952. The summed E-state index contributed by atoms with van der Waals surface area (Å²) in [6.45, 7) is 0. The Kier molecular flexibility index (Phi) is 7.76. The van der Waals surface area contributed by atoms with E-state index in [0.717, 1.165) is 31.6 Å². The number of aliphatic imine (C=N–C) groups is 1. The number of amides is 1. The van der Waals surface area contributed by atoms with E-state index in [9.17, 15) is 4.79 Å². The minimum Gasteiger partial charge on any atom is -0.354 e. The van der Waals surface area contributed by atoms with Gasteiger partial charge in [0.25, 0.3) is 0 Å². The fourth-order valence-corrected chi connectivity index (χ4v) is 3.02. The van der Waals surface area contributed by atoms with Gasteiger partial charge in [-0.05, 0) is 38.5 Å². The molecule has 0 aliphatic heterocycles. The number of nitrogens with one attached hydrogen (secondary N) is 2. The molecule has 0 aromatic carbocycles. The summed E-state index contributed by atoms with van der Waals surface area (Å²) in [5.41, 5.74) is 0. The molecule has 0 aromatic rings. The second-order valence-corrected chi connectivity index (χ2v) is 6.28. The van der Waals surface area contributed by atoms with Crippen molar-refractivity contribution in [2.45, 2.75) is 57.0 Å². The number of rotatable bonds is 3. The predicted molar refractivity (Wildman–Crippen MR) is 97.1 cm³/mol. The molecule has 2 aliphatic carbocycles. The van der Waals surface area contributed by atoms with E-state index in [1.165, 1.54) is 19.3 Å². The lowest BCUT2D eigenvalue weighted by atomic mass is 9.85. The van der Waals surface area contributed by atoms with Gasteiger partial charge in [-0.2, -0.15) is 0 Å². The third-order valence-electron chi connectivity index (χ3n) is 4.47. The summed E-state index contributed by atoms with van der Waals surface area (Å²) in [5.74, 6) is 1.33. The maximum absolute atomic E-state index is 12.1. The SMILES string of the molecule is CN=C(NC1CCC1)NC1CCCC(C(=O)N(C)C)C1.I. The van der Waals surface area contributed by atoms with Crippen molar-refractivity contribution < 1.29 is 4.79 Å². The molecule has 2 N–H and O–H groups in total. The molecule has 1 amide bonds. The number of nitrogens with zero attached hydrogens (tertiary/aromatic N) is 2. The maximum atomic E-state index is 12.1. The topological polar surface area (TPSA) is 56.7 Å². The fraction of sp³-hybridized carbons (Fsp3) is 0.867. The fourth-order valence-electron chi connectivity index (χ4n) is 3.02. The van der Waals surface area contributed by atoms with Crippen LogP contribution < -0.4 is 10.6 Å². The molecule has 2 atom stereocenters. The first-order chi connectivity index (χ1) is 9.60. The summed E-state index contributed by atoms with van der Waals surface area (Å²) >= 11 is 0. The Morgan fingerprint density at radius 2 is 1.62 bits per heavy atom. The van der Waals surface area contributed by atoms with Crippen LogP contribution in [0.4, 0.5) is 0 Å². The van der Waals surface area contributed by atoms with Gasteiger partial charge >= 0.3 is 0 Å². The minimum absolute atomic E-state index is 0. The van der Waals surface area contributed by atoms with E-state index in [0.29, 0.717) is 12.1 Å². The second-order valence-electron chi connectivity index (χ2n) is 6.28. The average Bonchev–Trinajstić information content (AvgIpc) is 2.40. The van der Waals surface area contributed by atoms with Crippen LogP contribution in [0.15, 0.2) is 4.99 Å². The van der Waals surface area contributed by atoms with Gasteiger partial charge < -0.3 is 15.5 Å². The standard InChI is InChI=1S/C15H28N4O.HI/c1-16-15(17-12-7-5-8-12)18-13-9-4-6-11(10-13)14(20)19(2)3;/h11-13H,4-10H2,1-3H3,(H2,16,17,18);1H. The van der Waals surface area contributed by atoms with E-state index < -0.39 is 0 Å². The zero-order valence-electron chi connectivity index (χ0n) is 13.4. The highest BCUT2D eigenvalue weighted by molar-refractivity contribution is 14.0. The molecule has 0 spiro atoms. The van der Waals surface area contributed by atoms with Gasteiger partial charge in [0.2, 0.25) is 5.91 Å². The Balaban J connectivity index is 0.00000220. The summed E-state index contributed by atoms with van der Waals surface area (Å²) in [7, 11) is 5.51. The monoisotopic (exact) mass is 408 g/mol. The summed E-state index contributed by atoms with van der Waals surface area (Å²) in [4.78, 5) is 18.1. The Labute approximate surface area is 145 Å². The number of carbonyl (C=O) groups is 1. The third kappa shape index (κ3) is 5.30.